The van der Waals surface area contributed by atoms with E-state index in [-0.39, 0.29) is 22.6 Å². The zero-order valence-corrected chi connectivity index (χ0v) is 12.2. The highest BCUT2D eigenvalue weighted by Gasteiger charge is 2.33. The van der Waals surface area contributed by atoms with Crippen molar-refractivity contribution in [3.63, 3.8) is 0 Å². The number of benzene rings is 2. The Morgan fingerprint density at radius 1 is 1.27 bits per heavy atom. The van der Waals surface area contributed by atoms with Crippen LogP contribution in [0.5, 0.6) is 0 Å². The summed E-state index contributed by atoms with van der Waals surface area (Å²) in [5.41, 5.74) is 0.919. The van der Waals surface area contributed by atoms with Crippen molar-refractivity contribution in [1.29, 1.82) is 0 Å². The summed E-state index contributed by atoms with van der Waals surface area (Å²) in [6, 6.07) is 10.1. The van der Waals surface area contributed by atoms with Crippen LogP contribution >= 0.6 is 0 Å². The highest BCUT2D eigenvalue weighted by molar-refractivity contribution is 6.01. The molecule has 3 rings (SSSR count). The molecule has 0 radical (unpaired) electrons. The number of fused-ring (bicyclic) bond motifs is 1. The molecule has 114 valence electrons. The van der Waals surface area contributed by atoms with Gasteiger partial charge in [-0.25, -0.2) is 4.79 Å². The lowest BCUT2D eigenvalue weighted by Crippen LogP contribution is -2.36. The number of rotatable bonds is 3. The van der Waals surface area contributed by atoms with E-state index in [2.05, 4.69) is 0 Å². The molecule has 6 nitrogen and oxygen atoms in total. The Balaban J connectivity index is 2.14. The zero-order valence-electron chi connectivity index (χ0n) is 12.2. The second-order valence-corrected chi connectivity index (χ2v) is 5.28. The number of anilines is 1. The lowest BCUT2D eigenvalue weighted by molar-refractivity contribution is -0.383. The number of methoxy groups -OCH3 is 1. The van der Waals surface area contributed by atoms with Gasteiger partial charge < -0.3 is 9.64 Å². The van der Waals surface area contributed by atoms with Crippen LogP contribution in [-0.2, 0) is 9.53 Å². The minimum Gasteiger partial charge on any atom is -0.467 e. The fourth-order valence-corrected chi connectivity index (χ4v) is 3.11. The molecule has 0 spiro atoms. The average Bonchev–Trinajstić information content (AvgIpc) is 3.02. The van der Waals surface area contributed by atoms with Crippen LogP contribution in [0.4, 0.5) is 11.4 Å². The Morgan fingerprint density at radius 2 is 2.00 bits per heavy atom. The van der Waals surface area contributed by atoms with Crippen LogP contribution in [0, 0.1) is 10.1 Å². The summed E-state index contributed by atoms with van der Waals surface area (Å²) in [6.45, 7) is 0.738. The molecule has 2 aromatic carbocycles. The van der Waals surface area contributed by atoms with Crippen molar-refractivity contribution >= 4 is 28.1 Å². The van der Waals surface area contributed by atoms with Gasteiger partial charge in [0.05, 0.1) is 17.4 Å². The number of ether oxygens (including phenoxy) is 1. The summed E-state index contributed by atoms with van der Waals surface area (Å²) < 4.78 is 4.87. The smallest absolute Gasteiger partial charge is 0.328 e. The summed E-state index contributed by atoms with van der Waals surface area (Å²) in [7, 11) is 1.38. The highest BCUT2D eigenvalue weighted by Crippen LogP contribution is 2.36. The minimum atomic E-state index is -0.381. The number of nitro groups is 1. The standard InChI is InChI=1S/C16H16N2O4/c1-22-16(19)15-7-4-10-17(15)13-8-9-14(18(20)21)12-6-3-2-5-11(12)13/h2-3,5-6,8-9,15H,4,7,10H2,1H3/t15-/m0/s1. The van der Waals surface area contributed by atoms with Crippen molar-refractivity contribution in [2.75, 3.05) is 18.6 Å². The van der Waals surface area contributed by atoms with E-state index in [0.717, 1.165) is 30.5 Å². The SMILES string of the molecule is COC(=O)[C@@H]1CCCN1c1ccc([N+](=O)[O-])c2ccccc12. The molecule has 1 fully saturated rings. The van der Waals surface area contributed by atoms with Crippen molar-refractivity contribution in [2.24, 2.45) is 0 Å². The molecular formula is C16H16N2O4. The number of esters is 1. The van der Waals surface area contributed by atoms with Crippen molar-refractivity contribution in [1.82, 2.24) is 0 Å². The van der Waals surface area contributed by atoms with Gasteiger partial charge in [-0.2, -0.15) is 0 Å². The molecule has 2 aromatic rings. The summed E-state index contributed by atoms with van der Waals surface area (Å²) in [5.74, 6) is -0.264. The van der Waals surface area contributed by atoms with Gasteiger partial charge in [0.2, 0.25) is 0 Å². The topological polar surface area (TPSA) is 72.7 Å². The van der Waals surface area contributed by atoms with Gasteiger partial charge in [-0.05, 0) is 25.0 Å². The average molecular weight is 300 g/mol. The Kier molecular flexibility index (Phi) is 3.66. The van der Waals surface area contributed by atoms with E-state index in [1.807, 2.05) is 17.0 Å². The maximum atomic E-state index is 11.9. The van der Waals surface area contributed by atoms with Gasteiger partial charge in [0.1, 0.15) is 6.04 Å². The van der Waals surface area contributed by atoms with E-state index in [0.29, 0.717) is 5.39 Å². The fraction of sp³-hybridized carbons (Fsp3) is 0.312. The Morgan fingerprint density at radius 3 is 2.68 bits per heavy atom. The van der Waals surface area contributed by atoms with Crippen LogP contribution < -0.4 is 4.90 Å². The van der Waals surface area contributed by atoms with Gasteiger partial charge in [-0.3, -0.25) is 10.1 Å². The molecule has 1 saturated heterocycles. The van der Waals surface area contributed by atoms with E-state index in [4.69, 9.17) is 4.74 Å². The first kappa shape index (κ1) is 14.3. The fourth-order valence-electron chi connectivity index (χ4n) is 3.11. The molecule has 22 heavy (non-hydrogen) atoms. The first-order chi connectivity index (χ1) is 10.6. The summed E-state index contributed by atoms with van der Waals surface area (Å²) in [4.78, 5) is 24.7. The van der Waals surface area contributed by atoms with E-state index in [9.17, 15) is 14.9 Å². The molecule has 1 aliphatic rings. The van der Waals surface area contributed by atoms with Gasteiger partial charge in [-0.15, -0.1) is 0 Å². The van der Waals surface area contributed by atoms with E-state index < -0.39 is 0 Å². The normalized spacial score (nSPS) is 17.7. The number of nitro benzene ring substituents is 1. The second kappa shape index (κ2) is 5.63. The number of carbonyl (C=O) groups excluding carboxylic acids is 1. The zero-order chi connectivity index (χ0) is 15.7. The van der Waals surface area contributed by atoms with E-state index >= 15 is 0 Å². The monoisotopic (exact) mass is 300 g/mol. The van der Waals surface area contributed by atoms with Gasteiger partial charge in [-0.1, -0.05) is 18.2 Å². The first-order valence-corrected chi connectivity index (χ1v) is 7.14. The third-order valence-electron chi connectivity index (χ3n) is 4.11. The minimum absolute atomic E-state index is 0.0770. The second-order valence-electron chi connectivity index (χ2n) is 5.28. The van der Waals surface area contributed by atoms with Crippen LogP contribution in [0.15, 0.2) is 36.4 Å². The quantitative estimate of drug-likeness (QED) is 0.495. The summed E-state index contributed by atoms with van der Waals surface area (Å²) >= 11 is 0. The molecule has 1 atom stereocenters. The Hall–Kier alpha value is -2.63. The molecule has 0 bridgehead atoms. The van der Waals surface area contributed by atoms with Crippen LogP contribution in [0.1, 0.15) is 12.8 Å². The molecule has 0 unspecified atom stereocenters. The van der Waals surface area contributed by atoms with Gasteiger partial charge >= 0.3 is 5.97 Å². The third-order valence-corrected chi connectivity index (χ3v) is 4.11. The van der Waals surface area contributed by atoms with Gasteiger partial charge in [0.15, 0.2) is 0 Å². The number of hydrogen-bond acceptors (Lipinski definition) is 5. The Labute approximate surface area is 127 Å². The molecule has 6 heteroatoms. The molecule has 0 aromatic heterocycles. The molecule has 0 N–H and O–H groups in total. The van der Waals surface area contributed by atoms with Crippen molar-refractivity contribution in [3.05, 3.63) is 46.5 Å². The molecular weight excluding hydrogens is 284 g/mol. The van der Waals surface area contributed by atoms with E-state index in [1.54, 1.807) is 18.2 Å². The Bertz CT molecular complexity index is 744. The van der Waals surface area contributed by atoms with Crippen LogP contribution in [0.3, 0.4) is 0 Å². The van der Waals surface area contributed by atoms with Crippen LogP contribution in [0.2, 0.25) is 0 Å². The maximum Gasteiger partial charge on any atom is 0.328 e. The van der Waals surface area contributed by atoms with Crippen LogP contribution in [-0.4, -0.2) is 30.6 Å². The number of carbonyl (C=O) groups is 1. The largest absolute Gasteiger partial charge is 0.467 e. The predicted octanol–water partition coefficient (Wildman–Crippen LogP) is 2.89. The molecule has 1 aliphatic heterocycles. The lowest BCUT2D eigenvalue weighted by atomic mass is 10.1. The molecule has 0 aliphatic carbocycles. The lowest BCUT2D eigenvalue weighted by Gasteiger charge is -2.26. The number of non-ortho nitro benzene ring substituents is 1. The summed E-state index contributed by atoms with van der Waals surface area (Å²) in [5, 5.41) is 12.6. The van der Waals surface area contributed by atoms with Gasteiger partial charge in [0, 0.05) is 23.7 Å². The van der Waals surface area contributed by atoms with Crippen LogP contribution in [0.25, 0.3) is 10.8 Å². The van der Waals surface area contributed by atoms with Crippen molar-refractivity contribution in [3.8, 4) is 0 Å². The van der Waals surface area contributed by atoms with E-state index in [1.165, 1.54) is 13.2 Å². The van der Waals surface area contributed by atoms with Crippen molar-refractivity contribution < 1.29 is 14.5 Å². The molecule has 1 heterocycles. The third kappa shape index (κ3) is 2.26. The molecule has 0 saturated carbocycles. The first-order valence-electron chi connectivity index (χ1n) is 7.14. The number of nitrogens with zero attached hydrogens (tertiary/aromatic N) is 2. The van der Waals surface area contributed by atoms with Gasteiger partial charge in [0.25, 0.3) is 5.69 Å². The van der Waals surface area contributed by atoms with Crippen molar-refractivity contribution in [2.45, 2.75) is 18.9 Å². The molecule has 0 amide bonds. The summed E-state index contributed by atoms with van der Waals surface area (Å²) in [6.07, 6.45) is 1.63. The predicted molar refractivity (Wildman–Crippen MR) is 83.0 cm³/mol. The number of hydrogen-bond donors (Lipinski definition) is 0. The highest BCUT2D eigenvalue weighted by atomic mass is 16.6. The maximum absolute atomic E-state index is 11.9.